The van der Waals surface area contributed by atoms with Gasteiger partial charge in [0.2, 0.25) is 0 Å². The lowest BCUT2D eigenvalue weighted by Crippen LogP contribution is -2.30. The van der Waals surface area contributed by atoms with Gasteiger partial charge in [0, 0.05) is 19.3 Å². The molecule has 0 rings (SSSR count). The van der Waals surface area contributed by atoms with Crippen LogP contribution in [0.1, 0.15) is 297 Å². The first kappa shape index (κ1) is 70.3. The molecule has 0 aliphatic rings. The van der Waals surface area contributed by atoms with Gasteiger partial charge < -0.3 is 14.2 Å². The lowest BCUT2D eigenvalue weighted by Gasteiger charge is -2.18. The lowest BCUT2D eigenvalue weighted by molar-refractivity contribution is -0.167. The van der Waals surface area contributed by atoms with Gasteiger partial charge in [-0.3, -0.25) is 14.4 Å². The van der Waals surface area contributed by atoms with Crippen molar-refractivity contribution in [2.24, 2.45) is 0 Å². The van der Waals surface area contributed by atoms with Gasteiger partial charge in [-0.05, 0) is 109 Å². The van der Waals surface area contributed by atoms with E-state index < -0.39 is 6.10 Å². The van der Waals surface area contributed by atoms with Crippen LogP contribution in [-0.4, -0.2) is 37.2 Å². The second-order valence-electron chi connectivity index (χ2n) is 20.6. The van der Waals surface area contributed by atoms with E-state index in [4.69, 9.17) is 14.2 Å². The standard InChI is InChI=1S/C68H116O6/c1-4-7-10-13-16-19-22-25-28-31-34-37-40-43-46-49-52-55-58-61-67(70)73-64-65(63-72-66(69)60-57-54-51-48-45-42-39-36-33-30-27-24-21-18-15-12-9-6-3)74-68(71)62-59-56-53-50-47-44-41-38-35-32-29-26-23-20-17-14-11-8-5-2/h16-17,19-20,25-26,28-29,34-35,37-38,43-44,46-47,65H,4-15,18,21-24,27,30-33,36,39-42,45,48-64H2,1-3H3/b19-16-,20-17-,28-25-,29-26-,37-34-,38-35-,46-43-,47-44-/t65-/m1/s1. The summed E-state index contributed by atoms with van der Waals surface area (Å²) in [6.45, 7) is 6.56. The van der Waals surface area contributed by atoms with Gasteiger partial charge in [0.05, 0.1) is 0 Å². The van der Waals surface area contributed by atoms with E-state index in [1.54, 1.807) is 0 Å². The summed E-state index contributed by atoms with van der Waals surface area (Å²) in [6.07, 6.45) is 82.6. The molecule has 0 unspecified atom stereocenters. The molecule has 0 amide bonds. The molecule has 0 bridgehead atoms. The summed E-state index contributed by atoms with van der Waals surface area (Å²) >= 11 is 0. The zero-order valence-electron chi connectivity index (χ0n) is 48.6. The number of unbranched alkanes of at least 4 members (excludes halogenated alkanes) is 29. The maximum absolute atomic E-state index is 12.9. The molecule has 0 aliphatic heterocycles. The van der Waals surface area contributed by atoms with Crippen LogP contribution in [0.5, 0.6) is 0 Å². The Labute approximate surface area is 457 Å². The number of carbonyl (C=O) groups is 3. The molecule has 6 heteroatoms. The molecule has 424 valence electrons. The number of hydrogen-bond donors (Lipinski definition) is 0. The highest BCUT2D eigenvalue weighted by molar-refractivity contribution is 5.71. The molecule has 0 aliphatic carbocycles. The highest BCUT2D eigenvalue weighted by Crippen LogP contribution is 2.16. The molecule has 74 heavy (non-hydrogen) atoms. The van der Waals surface area contributed by atoms with Crippen molar-refractivity contribution in [3.05, 3.63) is 97.2 Å². The van der Waals surface area contributed by atoms with Gasteiger partial charge in [0.15, 0.2) is 6.10 Å². The van der Waals surface area contributed by atoms with Crippen molar-refractivity contribution in [3.8, 4) is 0 Å². The van der Waals surface area contributed by atoms with Gasteiger partial charge in [0.1, 0.15) is 13.2 Å². The summed E-state index contributed by atoms with van der Waals surface area (Å²) in [4.78, 5) is 38.3. The van der Waals surface area contributed by atoms with Crippen molar-refractivity contribution >= 4 is 17.9 Å². The van der Waals surface area contributed by atoms with Gasteiger partial charge in [-0.1, -0.05) is 266 Å². The normalized spacial score (nSPS) is 12.7. The predicted octanol–water partition coefficient (Wildman–Crippen LogP) is 21.3. The van der Waals surface area contributed by atoms with Crippen LogP contribution in [0.4, 0.5) is 0 Å². The molecule has 0 aromatic rings. The first-order valence-electron chi connectivity index (χ1n) is 31.2. The van der Waals surface area contributed by atoms with Crippen LogP contribution in [0, 0.1) is 0 Å². The smallest absolute Gasteiger partial charge is 0.306 e. The third-order valence-electron chi connectivity index (χ3n) is 13.3. The molecule has 0 spiro atoms. The maximum atomic E-state index is 12.9. The SMILES string of the molecule is CCCCC/C=C\C/C=C\C/C=C\C/C=C\CCCCCC(=O)OC[C@@H](COC(=O)CCCCCCCCCCCCCCCCCCCC)OC(=O)CCCCC/C=C\C/C=C\C/C=C\C/C=C\CCCCC. The van der Waals surface area contributed by atoms with Gasteiger partial charge >= 0.3 is 17.9 Å². The van der Waals surface area contributed by atoms with Crippen molar-refractivity contribution in [1.29, 1.82) is 0 Å². The van der Waals surface area contributed by atoms with E-state index in [1.165, 1.54) is 148 Å². The number of carbonyl (C=O) groups excluding carboxylic acids is 3. The zero-order chi connectivity index (χ0) is 53.6. The van der Waals surface area contributed by atoms with E-state index in [1.807, 2.05) is 0 Å². The van der Waals surface area contributed by atoms with Crippen molar-refractivity contribution < 1.29 is 28.6 Å². The molecule has 0 N–H and O–H groups in total. The van der Waals surface area contributed by atoms with E-state index in [0.29, 0.717) is 12.8 Å². The van der Waals surface area contributed by atoms with E-state index in [9.17, 15) is 14.4 Å². The molecule has 0 radical (unpaired) electrons. The summed E-state index contributed by atoms with van der Waals surface area (Å²) in [6, 6.07) is 0. The van der Waals surface area contributed by atoms with Crippen molar-refractivity contribution in [2.45, 2.75) is 303 Å². The topological polar surface area (TPSA) is 78.9 Å². The minimum atomic E-state index is -0.808. The summed E-state index contributed by atoms with van der Waals surface area (Å²) in [5.74, 6) is -0.953. The molecule has 0 fully saturated rings. The summed E-state index contributed by atoms with van der Waals surface area (Å²) in [5, 5.41) is 0. The van der Waals surface area contributed by atoms with Gasteiger partial charge in [0.25, 0.3) is 0 Å². The third kappa shape index (κ3) is 59.2. The Morgan fingerprint density at radius 3 is 0.784 bits per heavy atom. The minimum absolute atomic E-state index is 0.0992. The molecule has 0 aromatic heterocycles. The van der Waals surface area contributed by atoms with Crippen LogP contribution in [0.2, 0.25) is 0 Å². The molecule has 6 nitrogen and oxygen atoms in total. The van der Waals surface area contributed by atoms with Crippen LogP contribution in [-0.2, 0) is 28.6 Å². The maximum Gasteiger partial charge on any atom is 0.306 e. The minimum Gasteiger partial charge on any atom is -0.462 e. The van der Waals surface area contributed by atoms with Crippen LogP contribution in [0.15, 0.2) is 97.2 Å². The lowest BCUT2D eigenvalue weighted by atomic mass is 10.0. The molecule has 0 saturated carbocycles. The molecule has 0 saturated heterocycles. The molecule has 1 atom stereocenters. The Morgan fingerprint density at radius 1 is 0.270 bits per heavy atom. The number of esters is 3. The van der Waals surface area contributed by atoms with Crippen molar-refractivity contribution in [1.82, 2.24) is 0 Å². The highest BCUT2D eigenvalue weighted by Gasteiger charge is 2.19. The van der Waals surface area contributed by atoms with Crippen molar-refractivity contribution in [3.63, 3.8) is 0 Å². The molecular weight excluding hydrogens is 913 g/mol. The fourth-order valence-corrected chi connectivity index (χ4v) is 8.59. The van der Waals surface area contributed by atoms with Crippen LogP contribution in [0.25, 0.3) is 0 Å². The Bertz CT molecular complexity index is 1460. The first-order valence-corrected chi connectivity index (χ1v) is 31.2. The summed E-state index contributed by atoms with van der Waals surface area (Å²) in [7, 11) is 0. The molecular formula is C68H116O6. The van der Waals surface area contributed by atoms with Crippen molar-refractivity contribution in [2.75, 3.05) is 13.2 Å². The Kier molecular flexibility index (Phi) is 58.8. The van der Waals surface area contributed by atoms with E-state index in [2.05, 4.69) is 118 Å². The number of ether oxygens (including phenoxy) is 3. The van der Waals surface area contributed by atoms with Crippen LogP contribution >= 0.6 is 0 Å². The molecule has 0 heterocycles. The average molecular weight is 1030 g/mol. The highest BCUT2D eigenvalue weighted by atomic mass is 16.6. The fraction of sp³-hybridized carbons (Fsp3) is 0.721. The summed E-state index contributed by atoms with van der Waals surface area (Å²) in [5.41, 5.74) is 0. The summed E-state index contributed by atoms with van der Waals surface area (Å²) < 4.78 is 16.9. The van der Waals surface area contributed by atoms with E-state index in [-0.39, 0.29) is 37.5 Å². The quantitative estimate of drug-likeness (QED) is 0.0261. The van der Waals surface area contributed by atoms with Crippen LogP contribution < -0.4 is 0 Å². The Balaban J connectivity index is 4.50. The van der Waals surface area contributed by atoms with Gasteiger partial charge in [-0.25, -0.2) is 0 Å². The molecule has 0 aromatic carbocycles. The Morgan fingerprint density at radius 2 is 0.486 bits per heavy atom. The predicted molar refractivity (Wildman–Crippen MR) is 320 cm³/mol. The largest absolute Gasteiger partial charge is 0.462 e. The van der Waals surface area contributed by atoms with E-state index >= 15 is 0 Å². The van der Waals surface area contributed by atoms with E-state index in [0.717, 1.165) is 109 Å². The monoisotopic (exact) mass is 1030 g/mol. The van der Waals surface area contributed by atoms with Crippen LogP contribution in [0.3, 0.4) is 0 Å². The number of hydrogen-bond acceptors (Lipinski definition) is 6. The average Bonchev–Trinajstić information content (AvgIpc) is 3.40. The van der Waals surface area contributed by atoms with Gasteiger partial charge in [-0.15, -0.1) is 0 Å². The first-order chi connectivity index (χ1) is 36.5. The Hall–Kier alpha value is -3.67. The fourth-order valence-electron chi connectivity index (χ4n) is 8.59. The number of allylic oxidation sites excluding steroid dienone is 16. The number of rotatable bonds is 56. The second kappa shape index (κ2) is 61.9. The zero-order valence-corrected chi connectivity index (χ0v) is 48.6. The second-order valence-corrected chi connectivity index (χ2v) is 20.6. The van der Waals surface area contributed by atoms with Gasteiger partial charge in [-0.2, -0.15) is 0 Å². The third-order valence-corrected chi connectivity index (χ3v) is 13.3.